The lowest BCUT2D eigenvalue weighted by atomic mass is 9.89. The van der Waals surface area contributed by atoms with E-state index in [-0.39, 0.29) is 0 Å². The lowest BCUT2D eigenvalue weighted by Crippen LogP contribution is -2.25. The number of hydrogen-bond acceptors (Lipinski definition) is 2. The Kier molecular flexibility index (Phi) is 3.04. The number of fused-ring (bicyclic) bond motifs is 1. The summed E-state index contributed by atoms with van der Waals surface area (Å²) in [5.74, 6) is 1.57. The van der Waals surface area contributed by atoms with E-state index in [1.165, 1.54) is 23.8 Å². The zero-order valence-corrected chi connectivity index (χ0v) is 11.1. The zero-order valence-electron chi connectivity index (χ0n) is 11.1. The number of aromatic nitrogens is 1. The first-order valence-electron chi connectivity index (χ1n) is 6.82. The van der Waals surface area contributed by atoms with E-state index in [0.29, 0.717) is 12.0 Å². The molecule has 2 nitrogen and oxygen atoms in total. The molecule has 18 heavy (non-hydrogen) atoms. The Morgan fingerprint density at radius 1 is 1.22 bits per heavy atom. The van der Waals surface area contributed by atoms with Gasteiger partial charge >= 0.3 is 0 Å². The smallest absolute Gasteiger partial charge is 0.0749 e. The van der Waals surface area contributed by atoms with Gasteiger partial charge in [0, 0.05) is 17.6 Å². The van der Waals surface area contributed by atoms with E-state index < -0.39 is 0 Å². The van der Waals surface area contributed by atoms with Crippen LogP contribution in [0, 0.1) is 11.8 Å². The molecule has 0 aliphatic heterocycles. The molecular formula is C16H20N2. The fraction of sp³-hybridized carbons (Fsp3) is 0.438. The molecule has 1 saturated carbocycles. The molecule has 1 aromatic heterocycles. The van der Waals surface area contributed by atoms with Gasteiger partial charge in [0.2, 0.25) is 0 Å². The Hall–Kier alpha value is -1.41. The van der Waals surface area contributed by atoms with Crippen molar-refractivity contribution in [2.24, 2.45) is 11.8 Å². The molecule has 2 atom stereocenters. The predicted molar refractivity (Wildman–Crippen MR) is 75.4 cm³/mol. The van der Waals surface area contributed by atoms with Gasteiger partial charge in [0.1, 0.15) is 0 Å². The third-order valence-corrected chi connectivity index (χ3v) is 4.20. The minimum Gasteiger partial charge on any atom is -0.313 e. The van der Waals surface area contributed by atoms with E-state index in [9.17, 15) is 0 Å². The molecule has 1 aliphatic carbocycles. The van der Waals surface area contributed by atoms with Crippen LogP contribution in [0.2, 0.25) is 0 Å². The summed E-state index contributed by atoms with van der Waals surface area (Å²) < 4.78 is 0. The van der Waals surface area contributed by atoms with Crippen molar-refractivity contribution < 1.29 is 0 Å². The predicted octanol–water partition coefficient (Wildman–Crippen LogP) is 3.54. The van der Waals surface area contributed by atoms with Crippen molar-refractivity contribution >= 4 is 10.9 Å². The molecule has 0 bridgehead atoms. The molecule has 94 valence electrons. The van der Waals surface area contributed by atoms with E-state index in [4.69, 9.17) is 0 Å². The van der Waals surface area contributed by atoms with Gasteiger partial charge < -0.3 is 5.32 Å². The first kappa shape index (κ1) is 11.7. The summed E-state index contributed by atoms with van der Waals surface area (Å²) >= 11 is 0. The van der Waals surface area contributed by atoms with Gasteiger partial charge in [0.15, 0.2) is 0 Å². The lowest BCUT2D eigenvalue weighted by molar-refractivity contribution is 0.370. The van der Waals surface area contributed by atoms with Gasteiger partial charge in [-0.15, -0.1) is 0 Å². The Balaban J connectivity index is 2.05. The Morgan fingerprint density at radius 3 is 2.72 bits per heavy atom. The van der Waals surface area contributed by atoms with Gasteiger partial charge in [-0.3, -0.25) is 4.98 Å². The van der Waals surface area contributed by atoms with Crippen molar-refractivity contribution in [2.45, 2.75) is 25.8 Å². The highest BCUT2D eigenvalue weighted by molar-refractivity contribution is 5.82. The minimum atomic E-state index is 0.413. The van der Waals surface area contributed by atoms with E-state index in [1.807, 2.05) is 12.3 Å². The highest BCUT2D eigenvalue weighted by Gasteiger charge is 2.33. The van der Waals surface area contributed by atoms with Gasteiger partial charge in [-0.2, -0.15) is 0 Å². The molecule has 1 fully saturated rings. The second kappa shape index (κ2) is 4.69. The number of hydrogen-bond donors (Lipinski definition) is 1. The maximum absolute atomic E-state index is 4.57. The Labute approximate surface area is 108 Å². The minimum absolute atomic E-state index is 0.413. The summed E-state index contributed by atoms with van der Waals surface area (Å²) in [5.41, 5.74) is 2.49. The number of rotatable bonds is 4. The van der Waals surface area contributed by atoms with Crippen LogP contribution in [0.5, 0.6) is 0 Å². The van der Waals surface area contributed by atoms with Gasteiger partial charge in [-0.25, -0.2) is 0 Å². The molecular weight excluding hydrogens is 220 g/mol. The number of benzene rings is 1. The van der Waals surface area contributed by atoms with Gasteiger partial charge in [-0.05, 0) is 43.4 Å². The van der Waals surface area contributed by atoms with E-state index in [0.717, 1.165) is 11.4 Å². The van der Waals surface area contributed by atoms with E-state index >= 15 is 0 Å². The standard InChI is InChI=1S/C16H20N2/c1-11(12-8-9-12)15(17-2)14-7-3-5-13-6-4-10-18-16(13)14/h3-7,10-12,15,17H,8-9H2,1-2H3. The third kappa shape index (κ3) is 2.01. The van der Waals surface area contributed by atoms with Gasteiger partial charge in [0.05, 0.1) is 5.52 Å². The summed E-state index contributed by atoms with van der Waals surface area (Å²) in [6.07, 6.45) is 4.66. The lowest BCUT2D eigenvalue weighted by Gasteiger charge is -2.24. The summed E-state index contributed by atoms with van der Waals surface area (Å²) in [6.45, 7) is 2.36. The normalized spacial score (nSPS) is 18.8. The first-order valence-corrected chi connectivity index (χ1v) is 6.82. The maximum Gasteiger partial charge on any atom is 0.0749 e. The summed E-state index contributed by atoms with van der Waals surface area (Å²) in [6, 6.07) is 11.1. The molecule has 0 radical (unpaired) electrons. The molecule has 1 aromatic carbocycles. The Bertz CT molecular complexity index is 540. The number of nitrogens with one attached hydrogen (secondary N) is 1. The SMILES string of the molecule is CNC(c1cccc2cccnc12)C(C)C1CC1. The van der Waals surface area contributed by atoms with Crippen LogP contribution in [0.15, 0.2) is 36.5 Å². The van der Waals surface area contributed by atoms with Crippen molar-refractivity contribution in [1.82, 2.24) is 10.3 Å². The van der Waals surface area contributed by atoms with Crippen molar-refractivity contribution in [1.29, 1.82) is 0 Å². The molecule has 0 spiro atoms. The Morgan fingerprint density at radius 2 is 2.00 bits per heavy atom. The van der Waals surface area contributed by atoms with Crippen LogP contribution in [0.25, 0.3) is 10.9 Å². The largest absolute Gasteiger partial charge is 0.313 e. The molecule has 0 amide bonds. The number of para-hydroxylation sites is 1. The highest BCUT2D eigenvalue weighted by Crippen LogP contribution is 2.43. The molecule has 1 heterocycles. The van der Waals surface area contributed by atoms with Crippen LogP contribution in [-0.2, 0) is 0 Å². The van der Waals surface area contributed by atoms with Crippen LogP contribution in [0.1, 0.15) is 31.4 Å². The second-order valence-electron chi connectivity index (χ2n) is 5.39. The van der Waals surface area contributed by atoms with Crippen molar-refractivity contribution in [3.8, 4) is 0 Å². The molecule has 3 rings (SSSR count). The molecule has 2 aromatic rings. The van der Waals surface area contributed by atoms with Gasteiger partial charge in [-0.1, -0.05) is 31.2 Å². The molecule has 1 aliphatic rings. The van der Waals surface area contributed by atoms with Gasteiger partial charge in [0.25, 0.3) is 0 Å². The number of pyridine rings is 1. The molecule has 1 N–H and O–H groups in total. The maximum atomic E-state index is 4.57. The van der Waals surface area contributed by atoms with Crippen molar-refractivity contribution in [3.05, 3.63) is 42.1 Å². The van der Waals surface area contributed by atoms with Crippen LogP contribution in [0.4, 0.5) is 0 Å². The zero-order chi connectivity index (χ0) is 12.5. The van der Waals surface area contributed by atoms with Crippen LogP contribution >= 0.6 is 0 Å². The highest BCUT2D eigenvalue weighted by atomic mass is 14.9. The average molecular weight is 240 g/mol. The average Bonchev–Trinajstić information content (AvgIpc) is 3.24. The quantitative estimate of drug-likeness (QED) is 0.884. The van der Waals surface area contributed by atoms with Crippen LogP contribution in [0.3, 0.4) is 0 Å². The second-order valence-corrected chi connectivity index (χ2v) is 5.39. The molecule has 2 unspecified atom stereocenters. The first-order chi connectivity index (χ1) is 8.81. The fourth-order valence-electron chi connectivity index (χ4n) is 2.97. The summed E-state index contributed by atoms with van der Waals surface area (Å²) in [7, 11) is 2.06. The topological polar surface area (TPSA) is 24.9 Å². The fourth-order valence-corrected chi connectivity index (χ4v) is 2.97. The van der Waals surface area contributed by atoms with E-state index in [1.54, 1.807) is 0 Å². The number of nitrogens with zero attached hydrogens (tertiary/aromatic N) is 1. The van der Waals surface area contributed by atoms with E-state index in [2.05, 4.69) is 48.5 Å². The summed E-state index contributed by atoms with van der Waals surface area (Å²) in [5, 5.41) is 4.73. The van der Waals surface area contributed by atoms with Crippen LogP contribution < -0.4 is 5.32 Å². The molecule has 2 heteroatoms. The van der Waals surface area contributed by atoms with Crippen molar-refractivity contribution in [3.63, 3.8) is 0 Å². The third-order valence-electron chi connectivity index (χ3n) is 4.20. The van der Waals surface area contributed by atoms with Crippen LogP contribution in [-0.4, -0.2) is 12.0 Å². The van der Waals surface area contributed by atoms with Crippen molar-refractivity contribution in [2.75, 3.05) is 7.05 Å². The monoisotopic (exact) mass is 240 g/mol. The summed E-state index contributed by atoms with van der Waals surface area (Å²) in [4.78, 5) is 4.57. The molecule has 0 saturated heterocycles.